The average Bonchev–Trinajstić information content (AvgIpc) is 2.61. The van der Waals surface area contributed by atoms with Gasteiger partial charge in [0.25, 0.3) is 5.91 Å². The van der Waals surface area contributed by atoms with Crippen molar-refractivity contribution >= 4 is 24.1 Å². The molecular formula is C10H12ClN5O. The van der Waals surface area contributed by atoms with Gasteiger partial charge in [-0.1, -0.05) is 6.07 Å². The van der Waals surface area contributed by atoms with Crippen molar-refractivity contribution in [3.05, 3.63) is 42.1 Å². The van der Waals surface area contributed by atoms with Crippen LogP contribution in [0.3, 0.4) is 0 Å². The fraction of sp³-hybridized carbons (Fsp3) is 0.100. The number of imidazole rings is 1. The van der Waals surface area contributed by atoms with Crippen molar-refractivity contribution in [3.8, 4) is 0 Å². The van der Waals surface area contributed by atoms with Crippen LogP contribution < -0.4 is 11.5 Å². The van der Waals surface area contributed by atoms with Crippen LogP contribution in [0.2, 0.25) is 0 Å². The summed E-state index contributed by atoms with van der Waals surface area (Å²) >= 11 is 0. The van der Waals surface area contributed by atoms with Gasteiger partial charge in [-0.3, -0.25) is 9.78 Å². The van der Waals surface area contributed by atoms with Crippen LogP contribution in [0.25, 0.3) is 0 Å². The molecule has 0 radical (unpaired) electrons. The summed E-state index contributed by atoms with van der Waals surface area (Å²) in [5.74, 6) is -0.450. The second-order valence-electron chi connectivity index (χ2n) is 3.29. The molecule has 2 aromatic rings. The number of halogens is 1. The van der Waals surface area contributed by atoms with Crippen LogP contribution in [0.15, 0.2) is 30.7 Å². The number of rotatable bonds is 3. The number of hydrogen-bond acceptors (Lipinski definition) is 4. The highest BCUT2D eigenvalue weighted by Crippen LogP contribution is 2.10. The van der Waals surface area contributed by atoms with E-state index in [-0.39, 0.29) is 23.9 Å². The van der Waals surface area contributed by atoms with Crippen molar-refractivity contribution < 1.29 is 4.79 Å². The van der Waals surface area contributed by atoms with Gasteiger partial charge < -0.3 is 16.0 Å². The average molecular weight is 254 g/mol. The molecule has 0 bridgehead atoms. The third-order valence-electron chi connectivity index (χ3n) is 2.16. The molecule has 0 aliphatic rings. The summed E-state index contributed by atoms with van der Waals surface area (Å²) in [4.78, 5) is 19.1. The van der Waals surface area contributed by atoms with Crippen LogP contribution in [0.4, 0.5) is 5.82 Å². The summed E-state index contributed by atoms with van der Waals surface area (Å²) in [5.41, 5.74) is 11.8. The number of nitrogens with zero attached hydrogens (tertiary/aromatic N) is 3. The number of amides is 1. The van der Waals surface area contributed by atoms with E-state index in [0.717, 1.165) is 5.69 Å². The molecule has 1 amide bonds. The van der Waals surface area contributed by atoms with Crippen LogP contribution in [-0.2, 0) is 6.54 Å². The molecule has 6 nitrogen and oxygen atoms in total. The van der Waals surface area contributed by atoms with Gasteiger partial charge in [0.2, 0.25) is 0 Å². The lowest BCUT2D eigenvalue weighted by Crippen LogP contribution is -2.19. The normalized spacial score (nSPS) is 9.65. The Hall–Kier alpha value is -2.08. The summed E-state index contributed by atoms with van der Waals surface area (Å²) in [5, 5.41) is 0. The molecule has 7 heteroatoms. The predicted molar refractivity (Wildman–Crippen MR) is 65.7 cm³/mol. The zero-order chi connectivity index (χ0) is 11.5. The lowest BCUT2D eigenvalue weighted by Gasteiger charge is -2.04. The van der Waals surface area contributed by atoms with E-state index >= 15 is 0 Å². The Labute approximate surface area is 104 Å². The predicted octanol–water partition coefficient (Wildman–Crippen LogP) is 0.429. The molecule has 90 valence electrons. The standard InChI is InChI=1S/C10H11N5O.ClH/c11-9-8(10(12)16)15(6-14-9)5-7-3-1-2-4-13-7;/h1-4,6H,5,11H2,(H2,12,16);1H. The first-order valence-electron chi connectivity index (χ1n) is 4.69. The molecule has 0 unspecified atom stereocenters. The van der Waals surface area contributed by atoms with E-state index in [1.165, 1.54) is 6.33 Å². The number of carbonyl (C=O) groups is 1. The van der Waals surface area contributed by atoms with Gasteiger partial charge >= 0.3 is 0 Å². The largest absolute Gasteiger partial charge is 0.382 e. The van der Waals surface area contributed by atoms with Gasteiger partial charge in [-0.25, -0.2) is 4.98 Å². The smallest absolute Gasteiger partial charge is 0.269 e. The van der Waals surface area contributed by atoms with E-state index in [0.29, 0.717) is 6.54 Å². The summed E-state index contributed by atoms with van der Waals surface area (Å²) in [7, 11) is 0. The minimum absolute atomic E-state index is 0. The molecule has 17 heavy (non-hydrogen) atoms. The highest BCUT2D eigenvalue weighted by molar-refractivity contribution is 5.95. The monoisotopic (exact) mass is 253 g/mol. The van der Waals surface area contributed by atoms with Gasteiger partial charge in [-0.15, -0.1) is 12.4 Å². The van der Waals surface area contributed by atoms with Crippen molar-refractivity contribution in [2.24, 2.45) is 5.73 Å². The van der Waals surface area contributed by atoms with Crippen LogP contribution >= 0.6 is 12.4 Å². The molecule has 0 spiro atoms. The number of primary amides is 1. The van der Waals surface area contributed by atoms with E-state index < -0.39 is 5.91 Å². The number of pyridine rings is 1. The minimum atomic E-state index is -0.592. The van der Waals surface area contributed by atoms with Crippen LogP contribution in [0.1, 0.15) is 16.2 Å². The summed E-state index contributed by atoms with van der Waals surface area (Å²) in [6, 6.07) is 5.54. The lowest BCUT2D eigenvalue weighted by atomic mass is 10.3. The molecule has 0 atom stereocenters. The third kappa shape index (κ3) is 2.73. The van der Waals surface area contributed by atoms with Crippen molar-refractivity contribution in [1.29, 1.82) is 0 Å². The summed E-state index contributed by atoms with van der Waals surface area (Å²) < 4.78 is 1.58. The quantitative estimate of drug-likeness (QED) is 0.828. The van der Waals surface area contributed by atoms with Gasteiger partial charge in [0.05, 0.1) is 18.6 Å². The maximum Gasteiger partial charge on any atom is 0.269 e. The number of nitrogen functional groups attached to an aromatic ring is 1. The van der Waals surface area contributed by atoms with Gasteiger partial charge in [-0.05, 0) is 12.1 Å². The SMILES string of the molecule is Cl.NC(=O)c1c(N)ncn1Cc1ccccn1. The van der Waals surface area contributed by atoms with Crippen LogP contribution in [0.5, 0.6) is 0 Å². The first kappa shape index (κ1) is 13.0. The van der Waals surface area contributed by atoms with Crippen LogP contribution in [0, 0.1) is 0 Å². The van der Waals surface area contributed by atoms with Crippen molar-refractivity contribution in [2.75, 3.05) is 5.73 Å². The number of hydrogen-bond donors (Lipinski definition) is 2. The van der Waals surface area contributed by atoms with E-state index in [1.807, 2.05) is 18.2 Å². The topological polar surface area (TPSA) is 99.8 Å². The number of anilines is 1. The Morgan fingerprint density at radius 2 is 2.12 bits per heavy atom. The van der Waals surface area contributed by atoms with Crippen molar-refractivity contribution in [3.63, 3.8) is 0 Å². The van der Waals surface area contributed by atoms with Gasteiger partial charge in [-0.2, -0.15) is 0 Å². The zero-order valence-corrected chi connectivity index (χ0v) is 9.72. The Kier molecular flexibility index (Phi) is 4.06. The van der Waals surface area contributed by atoms with E-state index in [9.17, 15) is 4.79 Å². The Morgan fingerprint density at radius 3 is 2.71 bits per heavy atom. The number of nitrogens with two attached hydrogens (primary N) is 2. The van der Waals surface area contributed by atoms with Crippen LogP contribution in [-0.4, -0.2) is 20.4 Å². The molecule has 2 heterocycles. The lowest BCUT2D eigenvalue weighted by molar-refractivity contribution is 0.0993. The van der Waals surface area contributed by atoms with Crippen molar-refractivity contribution in [2.45, 2.75) is 6.54 Å². The molecule has 0 aromatic carbocycles. The van der Waals surface area contributed by atoms with Gasteiger partial charge in [0, 0.05) is 6.20 Å². The molecular weight excluding hydrogens is 242 g/mol. The minimum Gasteiger partial charge on any atom is -0.382 e. The van der Waals surface area contributed by atoms with E-state index in [2.05, 4.69) is 9.97 Å². The van der Waals surface area contributed by atoms with E-state index in [4.69, 9.17) is 11.5 Å². The fourth-order valence-electron chi connectivity index (χ4n) is 1.45. The Morgan fingerprint density at radius 1 is 1.35 bits per heavy atom. The maximum absolute atomic E-state index is 11.2. The maximum atomic E-state index is 11.2. The molecule has 0 aliphatic carbocycles. The van der Waals surface area contributed by atoms with Crippen molar-refractivity contribution in [1.82, 2.24) is 14.5 Å². The molecule has 0 saturated heterocycles. The highest BCUT2D eigenvalue weighted by Gasteiger charge is 2.13. The molecule has 0 saturated carbocycles. The molecule has 4 N–H and O–H groups in total. The Bertz CT molecular complexity index is 511. The highest BCUT2D eigenvalue weighted by atomic mass is 35.5. The number of carbonyl (C=O) groups excluding carboxylic acids is 1. The Balaban J connectivity index is 0.00000144. The second-order valence-corrected chi connectivity index (χ2v) is 3.29. The molecule has 2 aromatic heterocycles. The summed E-state index contributed by atoms with van der Waals surface area (Å²) in [6.07, 6.45) is 3.16. The molecule has 0 fully saturated rings. The van der Waals surface area contributed by atoms with Gasteiger partial charge in [0.15, 0.2) is 11.5 Å². The first-order valence-corrected chi connectivity index (χ1v) is 4.69. The molecule has 2 rings (SSSR count). The summed E-state index contributed by atoms with van der Waals surface area (Å²) in [6.45, 7) is 0.420. The fourth-order valence-corrected chi connectivity index (χ4v) is 1.45. The third-order valence-corrected chi connectivity index (χ3v) is 2.16. The number of aromatic nitrogens is 3. The second kappa shape index (κ2) is 5.31. The van der Waals surface area contributed by atoms with E-state index in [1.54, 1.807) is 10.8 Å². The van der Waals surface area contributed by atoms with Gasteiger partial charge in [0.1, 0.15) is 0 Å². The molecule has 0 aliphatic heterocycles. The zero-order valence-electron chi connectivity index (χ0n) is 8.91. The first-order chi connectivity index (χ1) is 7.68.